The van der Waals surface area contributed by atoms with Crippen LogP contribution in [-0.2, 0) is 0 Å². The van der Waals surface area contributed by atoms with Crippen molar-refractivity contribution in [2.45, 2.75) is 39.2 Å². The summed E-state index contributed by atoms with van der Waals surface area (Å²) in [6.45, 7) is 7.59. The summed E-state index contributed by atoms with van der Waals surface area (Å²) < 4.78 is 18.9. The molecule has 0 saturated carbocycles. The van der Waals surface area contributed by atoms with E-state index in [0.29, 0.717) is 18.3 Å². The molecule has 1 atom stereocenters. The van der Waals surface area contributed by atoms with Crippen molar-refractivity contribution in [3.63, 3.8) is 0 Å². The van der Waals surface area contributed by atoms with Crippen molar-refractivity contribution in [3.8, 4) is 5.75 Å². The molecular weight excluding hydrogens is 269 g/mol. The van der Waals surface area contributed by atoms with Crippen LogP contribution in [0.2, 0.25) is 0 Å². The molecule has 1 saturated heterocycles. The summed E-state index contributed by atoms with van der Waals surface area (Å²) in [5, 5.41) is 3.32. The molecule has 0 spiro atoms. The largest absolute Gasteiger partial charge is 0.491 e. The predicted molar refractivity (Wildman–Crippen MR) is 85.4 cm³/mol. The Bertz CT molecular complexity index is 461. The number of halogens is 1. The minimum Gasteiger partial charge on any atom is -0.491 e. The lowest BCUT2D eigenvalue weighted by atomic mass is 10.1. The van der Waals surface area contributed by atoms with Gasteiger partial charge >= 0.3 is 0 Å². The normalized spacial score (nSPS) is 17.5. The Morgan fingerprint density at radius 3 is 2.71 bits per heavy atom. The molecule has 0 amide bonds. The van der Waals surface area contributed by atoms with Crippen molar-refractivity contribution in [3.05, 3.63) is 17.9 Å². The molecule has 1 aliphatic rings. The van der Waals surface area contributed by atoms with Crippen LogP contribution < -0.4 is 15.8 Å². The number of ether oxygens (including phenoxy) is 1. The Labute approximate surface area is 126 Å². The lowest BCUT2D eigenvalue weighted by Crippen LogP contribution is -2.41. The summed E-state index contributed by atoms with van der Waals surface area (Å²) in [5.74, 6) is -0.163. The third-order valence-electron chi connectivity index (χ3n) is 4.01. The van der Waals surface area contributed by atoms with Crippen molar-refractivity contribution in [2.24, 2.45) is 0 Å². The van der Waals surface area contributed by atoms with Gasteiger partial charge in [-0.25, -0.2) is 4.39 Å². The monoisotopic (exact) mass is 295 g/mol. The van der Waals surface area contributed by atoms with Crippen LogP contribution in [-0.4, -0.2) is 37.2 Å². The third kappa shape index (κ3) is 4.24. The van der Waals surface area contributed by atoms with Gasteiger partial charge in [0.15, 0.2) is 11.6 Å². The molecule has 2 rings (SSSR count). The molecule has 118 valence electrons. The first kappa shape index (κ1) is 15.9. The van der Waals surface area contributed by atoms with Gasteiger partial charge in [0.2, 0.25) is 0 Å². The van der Waals surface area contributed by atoms with Crippen molar-refractivity contribution >= 4 is 11.4 Å². The predicted octanol–water partition coefficient (Wildman–Crippen LogP) is 3.09. The molecule has 0 aliphatic carbocycles. The van der Waals surface area contributed by atoms with Crippen LogP contribution >= 0.6 is 0 Å². The van der Waals surface area contributed by atoms with Crippen LogP contribution in [0.4, 0.5) is 15.8 Å². The van der Waals surface area contributed by atoms with E-state index in [-0.39, 0.29) is 5.75 Å². The maximum absolute atomic E-state index is 13.7. The number of benzene rings is 1. The van der Waals surface area contributed by atoms with E-state index in [1.807, 2.05) is 6.92 Å². The van der Waals surface area contributed by atoms with Gasteiger partial charge in [-0.1, -0.05) is 6.42 Å². The highest BCUT2D eigenvalue weighted by Crippen LogP contribution is 2.28. The van der Waals surface area contributed by atoms with E-state index >= 15 is 0 Å². The summed E-state index contributed by atoms with van der Waals surface area (Å²) >= 11 is 0. The SMILES string of the molecule is CCOc1cc(NCC(C)N2CCCCC2)c(N)cc1F. The molecule has 4 nitrogen and oxygen atoms in total. The van der Waals surface area contributed by atoms with Gasteiger partial charge in [0.25, 0.3) is 0 Å². The first-order valence-corrected chi connectivity index (χ1v) is 7.81. The van der Waals surface area contributed by atoms with E-state index in [1.165, 1.54) is 25.3 Å². The Morgan fingerprint density at radius 2 is 2.05 bits per heavy atom. The second-order valence-electron chi connectivity index (χ2n) is 5.63. The summed E-state index contributed by atoms with van der Waals surface area (Å²) in [6, 6.07) is 3.40. The maximum atomic E-state index is 13.7. The zero-order valence-corrected chi connectivity index (χ0v) is 13.0. The van der Waals surface area contributed by atoms with E-state index < -0.39 is 5.82 Å². The molecule has 0 aromatic heterocycles. The van der Waals surface area contributed by atoms with E-state index in [1.54, 1.807) is 6.07 Å². The summed E-state index contributed by atoms with van der Waals surface area (Å²) in [6.07, 6.45) is 3.88. The smallest absolute Gasteiger partial charge is 0.167 e. The fourth-order valence-corrected chi connectivity index (χ4v) is 2.73. The molecule has 1 unspecified atom stereocenters. The molecule has 1 aromatic carbocycles. The molecule has 1 aromatic rings. The average Bonchev–Trinajstić information content (AvgIpc) is 2.49. The Balaban J connectivity index is 1.96. The van der Waals surface area contributed by atoms with E-state index in [0.717, 1.165) is 25.3 Å². The number of nitrogen functional groups attached to an aromatic ring is 1. The average molecular weight is 295 g/mol. The number of hydrogen-bond donors (Lipinski definition) is 2. The van der Waals surface area contributed by atoms with Gasteiger partial charge in [0, 0.05) is 24.7 Å². The fraction of sp³-hybridized carbons (Fsp3) is 0.625. The van der Waals surface area contributed by atoms with Gasteiger partial charge in [-0.3, -0.25) is 4.90 Å². The van der Waals surface area contributed by atoms with Gasteiger partial charge in [0.1, 0.15) is 0 Å². The minimum atomic E-state index is -0.413. The van der Waals surface area contributed by atoms with Crippen LogP contribution in [0.1, 0.15) is 33.1 Å². The van der Waals surface area contributed by atoms with Crippen molar-refractivity contribution in [1.82, 2.24) is 4.90 Å². The number of nitrogens with one attached hydrogen (secondary N) is 1. The highest BCUT2D eigenvalue weighted by Gasteiger charge is 2.17. The zero-order valence-electron chi connectivity index (χ0n) is 13.0. The molecule has 0 radical (unpaired) electrons. The van der Waals surface area contributed by atoms with E-state index in [9.17, 15) is 4.39 Å². The van der Waals surface area contributed by atoms with E-state index in [4.69, 9.17) is 10.5 Å². The standard InChI is InChI=1S/C16H26FN3O/c1-3-21-16-10-15(14(18)9-13(16)17)19-11-12(2)20-7-5-4-6-8-20/h9-10,12,19H,3-8,11,18H2,1-2H3. The number of hydrogen-bond acceptors (Lipinski definition) is 4. The Kier molecular flexibility index (Phi) is 5.67. The molecule has 21 heavy (non-hydrogen) atoms. The maximum Gasteiger partial charge on any atom is 0.167 e. The number of piperidine rings is 1. The number of likely N-dealkylation sites (tertiary alicyclic amines) is 1. The Hall–Kier alpha value is -1.49. The molecule has 1 fully saturated rings. The van der Waals surface area contributed by atoms with Crippen molar-refractivity contribution in [1.29, 1.82) is 0 Å². The second kappa shape index (κ2) is 7.50. The van der Waals surface area contributed by atoms with Gasteiger partial charge in [0.05, 0.1) is 18.0 Å². The molecule has 5 heteroatoms. The second-order valence-corrected chi connectivity index (χ2v) is 5.63. The van der Waals surface area contributed by atoms with Crippen molar-refractivity contribution in [2.75, 3.05) is 37.3 Å². The first-order valence-electron chi connectivity index (χ1n) is 7.81. The third-order valence-corrected chi connectivity index (χ3v) is 4.01. The molecular formula is C16H26FN3O. The Morgan fingerprint density at radius 1 is 1.33 bits per heavy atom. The summed E-state index contributed by atoms with van der Waals surface area (Å²) in [7, 11) is 0. The van der Waals surface area contributed by atoms with Crippen LogP contribution in [0.25, 0.3) is 0 Å². The van der Waals surface area contributed by atoms with Crippen LogP contribution in [0, 0.1) is 5.82 Å². The molecule has 1 aliphatic heterocycles. The molecule has 1 heterocycles. The van der Waals surface area contributed by atoms with Crippen molar-refractivity contribution < 1.29 is 9.13 Å². The molecule has 3 N–H and O–H groups in total. The van der Waals surface area contributed by atoms with Crippen LogP contribution in [0.3, 0.4) is 0 Å². The molecule has 0 bridgehead atoms. The number of anilines is 2. The summed E-state index contributed by atoms with van der Waals surface area (Å²) in [4.78, 5) is 2.49. The summed E-state index contributed by atoms with van der Waals surface area (Å²) in [5.41, 5.74) is 7.04. The van der Waals surface area contributed by atoms with Crippen LogP contribution in [0.5, 0.6) is 5.75 Å². The lowest BCUT2D eigenvalue weighted by molar-refractivity contribution is 0.180. The first-order chi connectivity index (χ1) is 10.1. The zero-order chi connectivity index (χ0) is 15.2. The highest BCUT2D eigenvalue weighted by atomic mass is 19.1. The van der Waals surface area contributed by atoms with Gasteiger partial charge in [-0.15, -0.1) is 0 Å². The van der Waals surface area contributed by atoms with Gasteiger partial charge < -0.3 is 15.8 Å². The number of rotatable bonds is 6. The minimum absolute atomic E-state index is 0.250. The highest BCUT2D eigenvalue weighted by molar-refractivity contribution is 5.68. The van der Waals surface area contributed by atoms with Gasteiger partial charge in [-0.2, -0.15) is 0 Å². The van der Waals surface area contributed by atoms with E-state index in [2.05, 4.69) is 17.1 Å². The fourth-order valence-electron chi connectivity index (χ4n) is 2.73. The quantitative estimate of drug-likeness (QED) is 0.792. The number of nitrogens with two attached hydrogens (primary N) is 1. The lowest BCUT2D eigenvalue weighted by Gasteiger charge is -2.32. The van der Waals surface area contributed by atoms with Gasteiger partial charge in [-0.05, 0) is 39.8 Å². The topological polar surface area (TPSA) is 50.5 Å². The van der Waals surface area contributed by atoms with Crippen LogP contribution in [0.15, 0.2) is 12.1 Å². The number of nitrogens with zero attached hydrogens (tertiary/aromatic N) is 1.